The zero-order valence-electron chi connectivity index (χ0n) is 9.59. The van der Waals surface area contributed by atoms with Crippen LogP contribution >= 0.6 is 0 Å². The summed E-state index contributed by atoms with van der Waals surface area (Å²) < 4.78 is 5.61. The quantitative estimate of drug-likeness (QED) is 0.824. The van der Waals surface area contributed by atoms with E-state index in [0.29, 0.717) is 24.3 Å². The highest BCUT2D eigenvalue weighted by atomic mass is 16.5. The first-order valence-corrected chi connectivity index (χ1v) is 5.67. The summed E-state index contributed by atoms with van der Waals surface area (Å²) in [6, 6.07) is 0.468. The maximum absolute atomic E-state index is 5.66. The number of nitrogen functional groups attached to an aromatic ring is 1. The Bertz CT molecular complexity index is 345. The fourth-order valence-electron chi connectivity index (χ4n) is 1.98. The summed E-state index contributed by atoms with van der Waals surface area (Å²) in [5.74, 6) is 0.808. The van der Waals surface area contributed by atoms with Crippen molar-refractivity contribution in [3.05, 3.63) is 12.4 Å². The van der Waals surface area contributed by atoms with Gasteiger partial charge >= 0.3 is 0 Å². The lowest BCUT2D eigenvalue weighted by molar-refractivity contribution is 0.123. The minimum Gasteiger partial charge on any atom is -0.473 e. The number of likely N-dealkylation sites (tertiary alicyclic amines) is 1. The van der Waals surface area contributed by atoms with Crippen molar-refractivity contribution in [2.45, 2.75) is 25.3 Å². The third kappa shape index (κ3) is 2.61. The van der Waals surface area contributed by atoms with Crippen LogP contribution in [0.15, 0.2) is 12.4 Å². The van der Waals surface area contributed by atoms with Crippen LogP contribution in [0.5, 0.6) is 5.88 Å². The Morgan fingerprint density at radius 3 is 3.00 bits per heavy atom. The second-order valence-corrected chi connectivity index (χ2v) is 4.19. The molecule has 0 saturated carbocycles. The highest BCUT2D eigenvalue weighted by Crippen LogP contribution is 2.18. The number of hydrogen-bond acceptors (Lipinski definition) is 5. The van der Waals surface area contributed by atoms with E-state index in [1.54, 1.807) is 12.4 Å². The van der Waals surface area contributed by atoms with Crippen molar-refractivity contribution in [1.29, 1.82) is 0 Å². The Labute approximate surface area is 95.6 Å². The zero-order valence-corrected chi connectivity index (χ0v) is 9.59. The lowest BCUT2D eigenvalue weighted by atomic mass is 10.0. The number of anilines is 1. The Kier molecular flexibility index (Phi) is 3.56. The van der Waals surface area contributed by atoms with Crippen molar-refractivity contribution in [2.24, 2.45) is 0 Å². The molecule has 1 aromatic heterocycles. The van der Waals surface area contributed by atoms with E-state index in [0.717, 1.165) is 6.54 Å². The third-order valence-electron chi connectivity index (χ3n) is 3.03. The minimum absolute atomic E-state index is 0.362. The van der Waals surface area contributed by atoms with E-state index in [2.05, 4.69) is 21.9 Å². The van der Waals surface area contributed by atoms with Crippen LogP contribution < -0.4 is 10.5 Å². The van der Waals surface area contributed by atoms with Crippen molar-refractivity contribution >= 4 is 5.82 Å². The molecular formula is C11H18N4O. The van der Waals surface area contributed by atoms with Gasteiger partial charge in [-0.2, -0.15) is 0 Å². The van der Waals surface area contributed by atoms with Gasteiger partial charge in [0.15, 0.2) is 5.82 Å². The standard InChI is InChI=1S/C11H18N4O/c1-15-7-3-2-4-9(15)8-16-11-10(12)13-5-6-14-11/h5-6,9H,2-4,7-8H2,1H3,(H2,12,13). The van der Waals surface area contributed by atoms with Gasteiger partial charge in [-0.1, -0.05) is 6.42 Å². The summed E-state index contributed by atoms with van der Waals surface area (Å²) in [4.78, 5) is 10.3. The fourth-order valence-corrected chi connectivity index (χ4v) is 1.98. The van der Waals surface area contributed by atoms with Crippen molar-refractivity contribution in [1.82, 2.24) is 14.9 Å². The Hall–Kier alpha value is -1.36. The molecular weight excluding hydrogens is 204 g/mol. The van der Waals surface area contributed by atoms with Crippen LogP contribution in [-0.4, -0.2) is 41.1 Å². The van der Waals surface area contributed by atoms with E-state index in [-0.39, 0.29) is 0 Å². The average Bonchev–Trinajstić information content (AvgIpc) is 2.30. The molecule has 1 unspecified atom stereocenters. The molecule has 2 heterocycles. The maximum Gasteiger partial charge on any atom is 0.257 e. The normalized spacial score (nSPS) is 21.9. The predicted molar refractivity (Wildman–Crippen MR) is 62.2 cm³/mol. The van der Waals surface area contributed by atoms with Gasteiger partial charge in [-0.15, -0.1) is 0 Å². The van der Waals surface area contributed by atoms with Gasteiger partial charge in [0.2, 0.25) is 0 Å². The SMILES string of the molecule is CN1CCCCC1COc1nccnc1N. The number of likely N-dealkylation sites (N-methyl/N-ethyl adjacent to an activating group) is 1. The Morgan fingerprint density at radius 2 is 2.25 bits per heavy atom. The van der Waals surface area contributed by atoms with Gasteiger partial charge in [0.25, 0.3) is 5.88 Å². The van der Waals surface area contributed by atoms with Crippen molar-refractivity contribution < 1.29 is 4.74 Å². The first-order valence-electron chi connectivity index (χ1n) is 5.67. The number of aromatic nitrogens is 2. The smallest absolute Gasteiger partial charge is 0.257 e. The molecule has 0 amide bonds. The highest BCUT2D eigenvalue weighted by molar-refractivity contribution is 5.38. The van der Waals surface area contributed by atoms with Gasteiger partial charge in [0.1, 0.15) is 6.61 Å². The molecule has 0 spiro atoms. The molecule has 0 bridgehead atoms. The van der Waals surface area contributed by atoms with Gasteiger partial charge in [-0.25, -0.2) is 9.97 Å². The molecule has 1 saturated heterocycles. The van der Waals surface area contributed by atoms with Crippen molar-refractivity contribution in [3.8, 4) is 5.88 Å². The predicted octanol–water partition coefficient (Wildman–Crippen LogP) is 0.922. The molecule has 5 nitrogen and oxygen atoms in total. The number of piperidine rings is 1. The molecule has 1 aliphatic heterocycles. The van der Waals surface area contributed by atoms with Gasteiger partial charge in [-0.3, -0.25) is 0 Å². The Balaban J connectivity index is 1.89. The molecule has 0 aliphatic carbocycles. The number of nitrogens with two attached hydrogens (primary N) is 1. The second-order valence-electron chi connectivity index (χ2n) is 4.19. The second kappa shape index (κ2) is 5.12. The average molecular weight is 222 g/mol. The van der Waals surface area contributed by atoms with Crippen molar-refractivity contribution in [3.63, 3.8) is 0 Å². The summed E-state index contributed by atoms with van der Waals surface area (Å²) in [6.07, 6.45) is 6.89. The summed E-state index contributed by atoms with van der Waals surface area (Å²) in [7, 11) is 2.13. The largest absolute Gasteiger partial charge is 0.473 e. The number of hydrogen-bond donors (Lipinski definition) is 1. The molecule has 5 heteroatoms. The third-order valence-corrected chi connectivity index (χ3v) is 3.03. The van der Waals surface area contributed by atoms with Crippen LogP contribution in [-0.2, 0) is 0 Å². The topological polar surface area (TPSA) is 64.3 Å². The van der Waals surface area contributed by atoms with E-state index >= 15 is 0 Å². The van der Waals surface area contributed by atoms with E-state index in [1.807, 2.05) is 0 Å². The first kappa shape index (κ1) is 11.1. The molecule has 16 heavy (non-hydrogen) atoms. The summed E-state index contributed by atoms with van der Waals surface area (Å²) in [5.41, 5.74) is 5.66. The van der Waals surface area contributed by atoms with Crippen LogP contribution in [0.3, 0.4) is 0 Å². The summed E-state index contributed by atoms with van der Waals surface area (Å²) in [6.45, 7) is 1.78. The lowest BCUT2D eigenvalue weighted by Gasteiger charge is -2.31. The van der Waals surface area contributed by atoms with E-state index in [9.17, 15) is 0 Å². The van der Waals surface area contributed by atoms with Gasteiger partial charge in [0.05, 0.1) is 0 Å². The monoisotopic (exact) mass is 222 g/mol. The first-order chi connectivity index (χ1) is 7.77. The fraction of sp³-hybridized carbons (Fsp3) is 0.636. The molecule has 0 aromatic carbocycles. The molecule has 0 radical (unpaired) electrons. The Morgan fingerprint density at radius 1 is 1.44 bits per heavy atom. The van der Waals surface area contributed by atoms with E-state index in [4.69, 9.17) is 10.5 Å². The number of rotatable bonds is 3. The van der Waals surface area contributed by atoms with Crippen LogP contribution in [0.25, 0.3) is 0 Å². The van der Waals surface area contributed by atoms with Gasteiger partial charge < -0.3 is 15.4 Å². The molecule has 1 aliphatic rings. The van der Waals surface area contributed by atoms with E-state index in [1.165, 1.54) is 19.3 Å². The molecule has 88 valence electrons. The maximum atomic E-state index is 5.66. The van der Waals surface area contributed by atoms with Gasteiger partial charge in [0, 0.05) is 18.4 Å². The lowest BCUT2D eigenvalue weighted by Crippen LogP contribution is -2.40. The van der Waals surface area contributed by atoms with Crippen LogP contribution in [0.1, 0.15) is 19.3 Å². The number of ether oxygens (including phenoxy) is 1. The minimum atomic E-state index is 0.362. The summed E-state index contributed by atoms with van der Waals surface area (Å²) in [5, 5.41) is 0. The van der Waals surface area contributed by atoms with E-state index < -0.39 is 0 Å². The molecule has 1 atom stereocenters. The van der Waals surface area contributed by atoms with Crippen LogP contribution in [0.2, 0.25) is 0 Å². The molecule has 1 aromatic rings. The molecule has 2 rings (SSSR count). The van der Waals surface area contributed by atoms with Crippen LogP contribution in [0.4, 0.5) is 5.82 Å². The number of nitrogens with zero attached hydrogens (tertiary/aromatic N) is 3. The zero-order chi connectivity index (χ0) is 11.4. The molecule has 1 fully saturated rings. The van der Waals surface area contributed by atoms with Crippen molar-refractivity contribution in [2.75, 3.05) is 25.9 Å². The van der Waals surface area contributed by atoms with Crippen LogP contribution in [0, 0.1) is 0 Å². The highest BCUT2D eigenvalue weighted by Gasteiger charge is 2.19. The summed E-state index contributed by atoms with van der Waals surface area (Å²) >= 11 is 0. The van der Waals surface area contributed by atoms with Gasteiger partial charge in [-0.05, 0) is 26.4 Å². The molecule has 2 N–H and O–H groups in total.